The van der Waals surface area contributed by atoms with Crippen molar-refractivity contribution in [3.63, 3.8) is 0 Å². The minimum atomic E-state index is -0.158. The predicted molar refractivity (Wildman–Crippen MR) is 105 cm³/mol. The number of methoxy groups -OCH3 is 2. The van der Waals surface area contributed by atoms with Crippen LogP contribution in [0, 0.1) is 0 Å². The molecule has 0 bridgehead atoms. The van der Waals surface area contributed by atoms with E-state index in [0.29, 0.717) is 23.2 Å². The third-order valence-electron chi connectivity index (χ3n) is 4.08. The van der Waals surface area contributed by atoms with Crippen molar-refractivity contribution in [3.8, 4) is 22.9 Å². The molecule has 144 valence electrons. The number of carbonyl (C=O) groups excluding carboxylic acids is 1. The summed E-state index contributed by atoms with van der Waals surface area (Å²) >= 11 is 0. The summed E-state index contributed by atoms with van der Waals surface area (Å²) in [6.07, 6.45) is 3.28. The molecule has 0 aliphatic carbocycles. The molecule has 3 rings (SSSR count). The summed E-state index contributed by atoms with van der Waals surface area (Å²) in [5, 5.41) is 3.98. The van der Waals surface area contributed by atoms with E-state index < -0.39 is 0 Å². The van der Waals surface area contributed by atoms with Crippen LogP contribution in [0.2, 0.25) is 0 Å². The molecule has 0 atom stereocenters. The number of hydrogen-bond donors (Lipinski definition) is 0. The first-order chi connectivity index (χ1) is 13.6. The van der Waals surface area contributed by atoms with Gasteiger partial charge in [-0.1, -0.05) is 35.5 Å². The fraction of sp³-hybridized carbons (Fsp3) is 0.190. The van der Waals surface area contributed by atoms with Crippen molar-refractivity contribution in [3.05, 3.63) is 66.1 Å². The van der Waals surface area contributed by atoms with Crippen LogP contribution in [0.3, 0.4) is 0 Å². The number of likely N-dealkylation sites (N-methyl/N-ethyl adjacent to an activating group) is 1. The van der Waals surface area contributed by atoms with Crippen molar-refractivity contribution < 1.29 is 18.8 Å². The van der Waals surface area contributed by atoms with Gasteiger partial charge in [0.25, 0.3) is 0 Å². The molecule has 0 saturated heterocycles. The molecule has 2 aromatic carbocycles. The average molecular weight is 379 g/mol. The Morgan fingerprint density at radius 1 is 1.11 bits per heavy atom. The molecule has 0 fully saturated rings. The minimum absolute atomic E-state index is 0.158. The summed E-state index contributed by atoms with van der Waals surface area (Å²) in [6.45, 7) is 0.207. The van der Waals surface area contributed by atoms with E-state index in [1.807, 2.05) is 36.4 Å². The zero-order valence-corrected chi connectivity index (χ0v) is 16.0. The first kappa shape index (κ1) is 19.2. The monoisotopic (exact) mass is 379 g/mol. The lowest BCUT2D eigenvalue weighted by Gasteiger charge is -2.11. The van der Waals surface area contributed by atoms with Crippen LogP contribution in [-0.2, 0) is 11.3 Å². The molecular formula is C21H21N3O4. The molecule has 3 aromatic rings. The van der Waals surface area contributed by atoms with E-state index in [0.717, 1.165) is 11.1 Å². The molecule has 1 aromatic heterocycles. The number of hydrogen-bond acceptors (Lipinski definition) is 6. The topological polar surface area (TPSA) is 77.7 Å². The summed E-state index contributed by atoms with van der Waals surface area (Å²) in [6, 6.07) is 15.0. The molecule has 0 saturated carbocycles. The maximum atomic E-state index is 12.3. The number of rotatable bonds is 7. The van der Waals surface area contributed by atoms with Crippen molar-refractivity contribution in [1.82, 2.24) is 15.0 Å². The van der Waals surface area contributed by atoms with Crippen LogP contribution in [0.15, 0.2) is 59.1 Å². The van der Waals surface area contributed by atoms with E-state index in [-0.39, 0.29) is 12.5 Å². The van der Waals surface area contributed by atoms with Gasteiger partial charge in [-0.25, -0.2) is 0 Å². The largest absolute Gasteiger partial charge is 0.493 e. The summed E-state index contributed by atoms with van der Waals surface area (Å²) in [5.74, 6) is 1.79. The second kappa shape index (κ2) is 8.85. The van der Waals surface area contributed by atoms with Crippen LogP contribution in [0.4, 0.5) is 0 Å². The first-order valence-corrected chi connectivity index (χ1v) is 8.64. The van der Waals surface area contributed by atoms with Gasteiger partial charge in [-0.2, -0.15) is 4.98 Å². The van der Waals surface area contributed by atoms with Crippen molar-refractivity contribution in [2.24, 2.45) is 0 Å². The first-order valence-electron chi connectivity index (χ1n) is 8.64. The number of carbonyl (C=O) groups is 1. The Hall–Kier alpha value is -3.61. The number of nitrogens with zero attached hydrogens (tertiary/aromatic N) is 3. The van der Waals surface area contributed by atoms with Gasteiger partial charge in [0, 0.05) is 18.7 Å². The Morgan fingerprint density at radius 3 is 2.57 bits per heavy atom. The Bertz CT molecular complexity index is 967. The highest BCUT2D eigenvalue weighted by Crippen LogP contribution is 2.31. The van der Waals surface area contributed by atoms with E-state index in [4.69, 9.17) is 14.0 Å². The van der Waals surface area contributed by atoms with E-state index in [9.17, 15) is 4.79 Å². The smallest absolute Gasteiger partial charge is 0.246 e. The normalized spacial score (nSPS) is 10.8. The van der Waals surface area contributed by atoms with Gasteiger partial charge >= 0.3 is 0 Å². The van der Waals surface area contributed by atoms with E-state index >= 15 is 0 Å². The van der Waals surface area contributed by atoms with E-state index in [1.165, 1.54) is 11.0 Å². The van der Waals surface area contributed by atoms with Gasteiger partial charge in [0.2, 0.25) is 17.6 Å². The zero-order chi connectivity index (χ0) is 19.9. The number of benzene rings is 2. The molecule has 0 unspecified atom stereocenters. The Morgan fingerprint density at radius 2 is 1.86 bits per heavy atom. The molecule has 7 nitrogen and oxygen atoms in total. The van der Waals surface area contributed by atoms with Gasteiger partial charge in [0.1, 0.15) is 0 Å². The second-order valence-corrected chi connectivity index (χ2v) is 6.02. The minimum Gasteiger partial charge on any atom is -0.493 e. The SMILES string of the molecule is COc1ccc(-c2noc(CN(C)C(=O)/C=C/c3ccccc3)n2)cc1OC. The Balaban J connectivity index is 1.67. The molecule has 0 aliphatic rings. The number of aromatic nitrogens is 2. The van der Waals surface area contributed by atoms with Gasteiger partial charge < -0.3 is 18.9 Å². The fourth-order valence-electron chi connectivity index (χ4n) is 2.55. The Labute approximate surface area is 163 Å². The van der Waals surface area contributed by atoms with Crippen LogP contribution < -0.4 is 9.47 Å². The molecule has 0 N–H and O–H groups in total. The van der Waals surface area contributed by atoms with Crippen molar-refractivity contribution in [2.75, 3.05) is 21.3 Å². The van der Waals surface area contributed by atoms with Crippen LogP contribution in [0.1, 0.15) is 11.5 Å². The highest BCUT2D eigenvalue weighted by Gasteiger charge is 2.15. The van der Waals surface area contributed by atoms with Crippen LogP contribution in [0.25, 0.3) is 17.5 Å². The van der Waals surface area contributed by atoms with E-state index in [2.05, 4.69) is 10.1 Å². The summed E-state index contributed by atoms with van der Waals surface area (Å²) in [4.78, 5) is 18.1. The second-order valence-electron chi connectivity index (χ2n) is 6.02. The summed E-state index contributed by atoms with van der Waals surface area (Å²) in [5.41, 5.74) is 1.68. The summed E-state index contributed by atoms with van der Waals surface area (Å²) < 4.78 is 15.8. The van der Waals surface area contributed by atoms with Crippen molar-refractivity contribution in [2.45, 2.75) is 6.54 Å². The van der Waals surface area contributed by atoms with Gasteiger partial charge in [0.15, 0.2) is 11.5 Å². The number of ether oxygens (including phenoxy) is 2. The maximum Gasteiger partial charge on any atom is 0.246 e. The molecule has 7 heteroatoms. The lowest BCUT2D eigenvalue weighted by atomic mass is 10.2. The molecule has 1 amide bonds. The lowest BCUT2D eigenvalue weighted by Crippen LogP contribution is -2.24. The van der Waals surface area contributed by atoms with Crippen molar-refractivity contribution in [1.29, 1.82) is 0 Å². The third kappa shape index (κ3) is 4.56. The molecular weight excluding hydrogens is 358 g/mol. The molecule has 1 heterocycles. The fourth-order valence-corrected chi connectivity index (χ4v) is 2.55. The average Bonchev–Trinajstić information content (AvgIpc) is 3.20. The molecule has 0 spiro atoms. The van der Waals surface area contributed by atoms with E-state index in [1.54, 1.807) is 39.5 Å². The summed E-state index contributed by atoms with van der Waals surface area (Å²) in [7, 11) is 4.81. The van der Waals surface area contributed by atoms with Gasteiger partial charge in [0.05, 0.1) is 20.8 Å². The number of amides is 1. The zero-order valence-electron chi connectivity index (χ0n) is 16.0. The van der Waals surface area contributed by atoms with Crippen LogP contribution >= 0.6 is 0 Å². The molecule has 28 heavy (non-hydrogen) atoms. The Kier molecular flexibility index (Phi) is 6.06. The third-order valence-corrected chi connectivity index (χ3v) is 4.08. The highest BCUT2D eigenvalue weighted by molar-refractivity contribution is 5.91. The lowest BCUT2D eigenvalue weighted by molar-refractivity contribution is -0.125. The van der Waals surface area contributed by atoms with Gasteiger partial charge in [-0.15, -0.1) is 0 Å². The van der Waals surface area contributed by atoms with Gasteiger partial charge in [-0.3, -0.25) is 4.79 Å². The van der Waals surface area contributed by atoms with Crippen LogP contribution in [-0.4, -0.2) is 42.2 Å². The maximum absolute atomic E-state index is 12.3. The van der Waals surface area contributed by atoms with Crippen LogP contribution in [0.5, 0.6) is 11.5 Å². The van der Waals surface area contributed by atoms with Crippen molar-refractivity contribution >= 4 is 12.0 Å². The standard InChI is InChI=1S/C21H21N3O4/c1-24(20(25)12-9-15-7-5-4-6-8-15)14-19-22-21(23-28-19)16-10-11-17(26-2)18(13-16)27-3/h4-13H,14H2,1-3H3/b12-9+. The molecule has 0 radical (unpaired) electrons. The quantitative estimate of drug-likeness (QED) is 0.586. The molecule has 0 aliphatic heterocycles. The predicted octanol–water partition coefficient (Wildman–Crippen LogP) is 3.43. The van der Waals surface area contributed by atoms with Gasteiger partial charge in [-0.05, 0) is 29.8 Å². The highest BCUT2D eigenvalue weighted by atomic mass is 16.5.